The Morgan fingerprint density at radius 3 is 1.80 bits per heavy atom. The van der Waals surface area contributed by atoms with E-state index in [2.05, 4.69) is 213 Å². The van der Waals surface area contributed by atoms with E-state index in [0.29, 0.717) is 39.4 Å². The summed E-state index contributed by atoms with van der Waals surface area (Å²) < 4.78 is 85.3. The van der Waals surface area contributed by atoms with Crippen molar-refractivity contribution in [2.75, 3.05) is 0 Å². The van der Waals surface area contributed by atoms with Gasteiger partial charge in [0.2, 0.25) is 0 Å². The van der Waals surface area contributed by atoms with Crippen LogP contribution >= 0.6 is 0 Å². The molecule has 14 aromatic rings. The standard InChI is InChI=1S/C84H69N4O/c1-53-42-54(2)44-60(43-53)70-48-62(83(6,7)8)47-69(56-34-40-75-71(46-56)66-24-11-15-28-74(66)84(75)72-26-13-9-20-57(72)45-58-21-10-14-27-73(58)84)81(70)87-52-86(77-30-17-18-31-78(77)87)63-22-19-23-64(49-63)89-65-38-39-68-67-25-12-16-29-76(67)88(79(68)50-65)80-41-35-59(51-85-80)55-32-36-61(37-33-55)82(3,4)5/h9-44,46-52H,45H2,1-8H3/q+1/i1D3,2D3,45D2. The van der Waals surface area contributed by atoms with Crippen molar-refractivity contribution in [3.63, 3.8) is 0 Å². The molecule has 0 radical (unpaired) electrons. The first-order valence-corrected chi connectivity index (χ1v) is 30.6. The Bertz CT molecular complexity index is 5450. The Balaban J connectivity index is 0.867. The second-order valence-electron chi connectivity index (χ2n) is 25.9. The van der Waals surface area contributed by atoms with Crippen molar-refractivity contribution >= 4 is 32.8 Å². The molecule has 0 amide bonds. The Labute approximate surface area is 532 Å². The molecule has 5 nitrogen and oxygen atoms in total. The minimum absolute atomic E-state index is 0.0513. The molecule has 3 aromatic heterocycles. The smallest absolute Gasteiger partial charge is 0.255 e. The van der Waals surface area contributed by atoms with E-state index >= 15 is 0 Å². The number of benzene rings is 11. The molecule has 5 heteroatoms. The molecule has 11 aromatic carbocycles. The number of pyridine rings is 1. The number of para-hydroxylation sites is 3. The van der Waals surface area contributed by atoms with Crippen molar-refractivity contribution in [3.05, 3.63) is 317 Å². The average molecular weight is 1160 g/mol. The summed E-state index contributed by atoms with van der Waals surface area (Å²) in [6.07, 6.45) is 2.24. The molecule has 89 heavy (non-hydrogen) atoms. The van der Waals surface area contributed by atoms with Gasteiger partial charge in [0.25, 0.3) is 6.33 Å². The van der Waals surface area contributed by atoms with Crippen molar-refractivity contribution in [2.24, 2.45) is 0 Å². The Morgan fingerprint density at radius 2 is 1.08 bits per heavy atom. The van der Waals surface area contributed by atoms with Crippen LogP contribution in [-0.2, 0) is 22.6 Å². The van der Waals surface area contributed by atoms with Gasteiger partial charge >= 0.3 is 0 Å². The molecule has 0 aliphatic heterocycles. The molecular formula is C84H69N4O+. The highest BCUT2D eigenvalue weighted by Gasteiger charge is 2.50. The highest BCUT2D eigenvalue weighted by atomic mass is 16.5. The van der Waals surface area contributed by atoms with Crippen molar-refractivity contribution in [3.8, 4) is 73.2 Å². The van der Waals surface area contributed by atoms with Gasteiger partial charge in [-0.2, -0.15) is 9.13 Å². The molecule has 0 N–H and O–H groups in total. The van der Waals surface area contributed by atoms with Crippen molar-refractivity contribution in [1.29, 1.82) is 0 Å². The van der Waals surface area contributed by atoms with Crippen LogP contribution < -0.4 is 9.30 Å². The fourth-order valence-electron chi connectivity index (χ4n) is 14.2. The van der Waals surface area contributed by atoms with Crippen LogP contribution in [0.1, 0.15) is 108 Å². The number of imidazole rings is 1. The summed E-state index contributed by atoms with van der Waals surface area (Å²) in [5.74, 6) is 2.03. The van der Waals surface area contributed by atoms with Crippen LogP contribution in [0.3, 0.4) is 0 Å². The van der Waals surface area contributed by atoms with E-state index in [1.165, 1.54) is 11.6 Å². The van der Waals surface area contributed by atoms with Gasteiger partial charge in [-0.15, -0.1) is 0 Å². The Hall–Kier alpha value is -10.4. The number of ether oxygens (including phenoxy) is 1. The van der Waals surface area contributed by atoms with E-state index in [1.54, 1.807) is 12.1 Å². The maximum atomic E-state index is 9.68. The topological polar surface area (TPSA) is 35.9 Å². The largest absolute Gasteiger partial charge is 0.457 e. The number of aryl methyl sites for hydroxylation is 2. The summed E-state index contributed by atoms with van der Waals surface area (Å²) >= 11 is 0. The third-order valence-electron chi connectivity index (χ3n) is 18.4. The van der Waals surface area contributed by atoms with E-state index in [-0.39, 0.29) is 16.5 Å². The van der Waals surface area contributed by atoms with Crippen molar-refractivity contribution in [1.82, 2.24) is 14.1 Å². The predicted molar refractivity (Wildman–Crippen MR) is 367 cm³/mol. The summed E-state index contributed by atoms with van der Waals surface area (Å²) in [4.78, 5) is 5.08. The molecule has 1 spiro atoms. The maximum Gasteiger partial charge on any atom is 0.255 e. The fourth-order valence-corrected chi connectivity index (χ4v) is 14.2. The van der Waals surface area contributed by atoms with Gasteiger partial charge in [0.1, 0.15) is 28.7 Å². The second kappa shape index (κ2) is 20.4. The first-order valence-electron chi connectivity index (χ1n) is 34.6. The zero-order chi connectivity index (χ0) is 67.3. The molecule has 0 fully saturated rings. The lowest BCUT2D eigenvalue weighted by molar-refractivity contribution is -0.566. The van der Waals surface area contributed by atoms with E-state index in [0.717, 1.165) is 106 Å². The summed E-state index contributed by atoms with van der Waals surface area (Å²) in [5.41, 5.74) is 18.1. The number of hydrogen-bond acceptors (Lipinski definition) is 2. The molecule has 16 rings (SSSR count). The Morgan fingerprint density at radius 1 is 0.461 bits per heavy atom. The van der Waals surface area contributed by atoms with Gasteiger partial charge < -0.3 is 4.74 Å². The van der Waals surface area contributed by atoms with E-state index in [1.807, 2.05) is 85.1 Å². The number of nitrogens with zero attached hydrogens (tertiary/aromatic N) is 4. The molecule has 0 atom stereocenters. The zero-order valence-electron chi connectivity index (χ0n) is 58.5. The van der Waals surface area contributed by atoms with Crippen molar-refractivity contribution < 1.29 is 20.3 Å². The minimum atomic E-state index is -2.63. The van der Waals surface area contributed by atoms with Crippen LogP contribution in [0, 0.1) is 13.7 Å². The summed E-state index contributed by atoms with van der Waals surface area (Å²) in [6.45, 7) is 7.85. The first kappa shape index (κ1) is 45.9. The molecule has 430 valence electrons. The highest BCUT2D eigenvalue weighted by Crippen LogP contribution is 2.60. The molecule has 0 unspecified atom stereocenters. The summed E-state index contributed by atoms with van der Waals surface area (Å²) in [7, 11) is 0. The first-order chi connectivity index (χ1) is 46.3. The van der Waals surface area contributed by atoms with Gasteiger partial charge in [-0.25, -0.2) is 4.98 Å². The van der Waals surface area contributed by atoms with Crippen LogP contribution in [-0.4, -0.2) is 14.1 Å². The van der Waals surface area contributed by atoms with Crippen LogP contribution in [0.15, 0.2) is 261 Å². The molecular weight excluding hydrogens is 1080 g/mol. The number of aromatic nitrogens is 4. The molecule has 2 aliphatic rings. The van der Waals surface area contributed by atoms with E-state index in [4.69, 9.17) is 17.9 Å². The second-order valence-corrected chi connectivity index (χ2v) is 25.9. The average Bonchev–Trinajstić information content (AvgIpc) is 1.59. The molecule has 0 bridgehead atoms. The number of hydrogen-bond donors (Lipinski definition) is 0. The van der Waals surface area contributed by atoms with Gasteiger partial charge in [0, 0.05) is 56.8 Å². The van der Waals surface area contributed by atoms with Crippen molar-refractivity contribution in [2.45, 2.75) is 77.9 Å². The summed E-state index contributed by atoms with van der Waals surface area (Å²) in [5, 5.41) is 2.17. The highest BCUT2D eigenvalue weighted by molar-refractivity contribution is 6.09. The Kier molecular flexibility index (Phi) is 10.5. The lowest BCUT2D eigenvalue weighted by Gasteiger charge is -2.40. The zero-order valence-corrected chi connectivity index (χ0v) is 50.5. The van der Waals surface area contributed by atoms with Crippen LogP contribution in [0.5, 0.6) is 11.5 Å². The molecule has 2 aliphatic carbocycles. The van der Waals surface area contributed by atoms with Gasteiger partial charge in [0.05, 0.1) is 16.4 Å². The SMILES string of the molecule is [2H]C([2H])([2H])c1cc(-c2cc(C(C)(C)C)cc(-c3ccc4c(c3)-c3ccccc3C43c4ccccc4C([2H])([2H])c4ccccc43)c2-[n+]2cn(-c3cccc(Oc4ccc5c6ccccc6n(-c6ccc(-c7ccc(C(C)(C)C)cc7)cn6)c5c4)c3)c3ccccc32)cc(C([2H])([2H])[2H])c1. The van der Waals surface area contributed by atoms with Crippen LogP contribution in [0.4, 0.5) is 0 Å². The third-order valence-corrected chi connectivity index (χ3v) is 18.4. The summed E-state index contributed by atoms with van der Waals surface area (Å²) in [6, 6.07) is 83.6. The monoisotopic (exact) mass is 1160 g/mol. The normalized spacial score (nSPS) is 15.4. The van der Waals surface area contributed by atoms with Gasteiger partial charge in [-0.1, -0.05) is 216 Å². The maximum absolute atomic E-state index is 9.68. The van der Waals surface area contributed by atoms with Gasteiger partial charge in [-0.05, 0) is 176 Å². The molecule has 0 saturated carbocycles. The minimum Gasteiger partial charge on any atom is -0.457 e. The van der Waals surface area contributed by atoms with Gasteiger partial charge in [-0.3, -0.25) is 4.57 Å². The lowest BCUT2D eigenvalue weighted by Crippen LogP contribution is -2.34. The van der Waals surface area contributed by atoms with Gasteiger partial charge in [0.15, 0.2) is 11.0 Å². The lowest BCUT2D eigenvalue weighted by atomic mass is 9.61. The fraction of sp³-hybridized carbons (Fsp3) is 0.143. The molecule has 3 heterocycles. The molecule has 0 saturated heterocycles. The van der Waals surface area contributed by atoms with E-state index < -0.39 is 30.9 Å². The number of rotatable bonds is 8. The third kappa shape index (κ3) is 8.80. The number of fused-ring (bicyclic) bond motifs is 13. The van der Waals surface area contributed by atoms with E-state index in [9.17, 15) is 2.74 Å². The quantitative estimate of drug-likeness (QED) is 0.142. The predicted octanol–water partition coefficient (Wildman–Crippen LogP) is 20.7. The van der Waals surface area contributed by atoms with Crippen LogP contribution in [0.2, 0.25) is 0 Å². The van der Waals surface area contributed by atoms with Crippen LogP contribution in [0.25, 0.3) is 94.5 Å².